The first-order chi connectivity index (χ1) is 10.1. The van der Waals surface area contributed by atoms with Crippen molar-refractivity contribution < 1.29 is 18.3 Å². The molecule has 1 aromatic heterocycles. The number of hydrogen-bond acceptors (Lipinski definition) is 2. The van der Waals surface area contributed by atoms with Crippen molar-refractivity contribution in [2.75, 3.05) is 0 Å². The number of benzene rings is 1. The van der Waals surface area contributed by atoms with Gasteiger partial charge >= 0.3 is 0 Å². The number of rotatable bonds is 1. The van der Waals surface area contributed by atoms with Crippen LogP contribution in [0.3, 0.4) is 0 Å². The van der Waals surface area contributed by atoms with Gasteiger partial charge in [0.05, 0.1) is 11.8 Å². The summed E-state index contributed by atoms with van der Waals surface area (Å²) in [6.07, 6.45) is -0.453. The first-order valence-electron chi connectivity index (χ1n) is 6.80. The molecule has 1 N–H and O–H groups in total. The molecule has 0 amide bonds. The molecule has 3 rings (SSSR count). The van der Waals surface area contributed by atoms with Crippen LogP contribution in [0.25, 0.3) is 0 Å². The fourth-order valence-corrected chi connectivity index (χ4v) is 2.90. The molecule has 0 saturated carbocycles. The first kappa shape index (κ1) is 14.1. The summed E-state index contributed by atoms with van der Waals surface area (Å²) in [5, 5.41) is 10.1. The molecular weight excluding hydrogens is 279 g/mol. The minimum Gasteiger partial charge on any atom is -0.387 e. The van der Waals surface area contributed by atoms with Crippen LogP contribution in [-0.4, -0.2) is 10.1 Å². The molecule has 2 aromatic rings. The van der Waals surface area contributed by atoms with E-state index in [0.717, 1.165) is 6.07 Å². The van der Waals surface area contributed by atoms with Gasteiger partial charge in [0, 0.05) is 17.7 Å². The summed E-state index contributed by atoms with van der Waals surface area (Å²) < 4.78 is 42.2. The van der Waals surface area contributed by atoms with Crippen LogP contribution in [0.1, 0.15) is 47.9 Å². The molecule has 1 aliphatic rings. The van der Waals surface area contributed by atoms with Gasteiger partial charge in [-0.25, -0.2) is 13.2 Å². The molecule has 0 aliphatic heterocycles. The highest BCUT2D eigenvalue weighted by molar-refractivity contribution is 5.33. The van der Waals surface area contributed by atoms with E-state index in [2.05, 4.69) is 4.98 Å². The van der Waals surface area contributed by atoms with E-state index < -0.39 is 29.8 Å². The highest BCUT2D eigenvalue weighted by Gasteiger charge is 2.34. The number of aliphatic hydroxyl groups excluding tert-OH is 1. The minimum atomic E-state index is -1.53. The number of fused-ring (bicyclic) bond motifs is 1. The lowest BCUT2D eigenvalue weighted by Gasteiger charge is -2.20. The lowest BCUT2D eigenvalue weighted by molar-refractivity contribution is 0.159. The van der Waals surface area contributed by atoms with Crippen LogP contribution in [-0.2, 0) is 0 Å². The fraction of sp³-hybridized carbons (Fsp3) is 0.312. The molecule has 0 bridgehead atoms. The summed E-state index contributed by atoms with van der Waals surface area (Å²) in [5.41, 5.74) is 0.534. The Kier molecular flexibility index (Phi) is 3.68. The van der Waals surface area contributed by atoms with Gasteiger partial charge in [0.1, 0.15) is 6.17 Å². The van der Waals surface area contributed by atoms with Crippen LogP contribution in [0.2, 0.25) is 0 Å². The number of nitrogens with zero attached hydrogens (tertiary/aromatic N) is 1. The van der Waals surface area contributed by atoms with Crippen molar-refractivity contribution in [2.45, 2.75) is 31.0 Å². The van der Waals surface area contributed by atoms with Gasteiger partial charge in [-0.05, 0) is 30.5 Å². The molecule has 3 atom stereocenters. The third kappa shape index (κ3) is 2.42. The lowest BCUT2D eigenvalue weighted by atomic mass is 9.88. The third-order valence-electron chi connectivity index (χ3n) is 3.97. The summed E-state index contributed by atoms with van der Waals surface area (Å²) in [7, 11) is 0. The van der Waals surface area contributed by atoms with Gasteiger partial charge in [-0.1, -0.05) is 18.2 Å². The van der Waals surface area contributed by atoms with E-state index in [1.807, 2.05) is 0 Å². The second-order valence-corrected chi connectivity index (χ2v) is 5.22. The maximum atomic E-state index is 14.8. The van der Waals surface area contributed by atoms with Gasteiger partial charge in [0.2, 0.25) is 0 Å². The van der Waals surface area contributed by atoms with E-state index in [1.165, 1.54) is 24.4 Å². The molecule has 5 heteroatoms. The van der Waals surface area contributed by atoms with Crippen molar-refractivity contribution >= 4 is 0 Å². The maximum absolute atomic E-state index is 14.8. The predicted octanol–water partition coefficient (Wildman–Crippen LogP) is 3.98. The average Bonchev–Trinajstić information content (AvgIpc) is 2.62. The Labute approximate surface area is 120 Å². The van der Waals surface area contributed by atoms with Crippen LogP contribution in [0.15, 0.2) is 36.5 Å². The number of halogens is 3. The Balaban J connectivity index is 2.07. The Hall–Kier alpha value is -1.88. The maximum Gasteiger partial charge on any atom is 0.162 e. The Morgan fingerprint density at radius 1 is 1.05 bits per heavy atom. The number of hydrogen-bond donors (Lipinski definition) is 1. The number of aliphatic hydroxyl groups is 1. The largest absolute Gasteiger partial charge is 0.387 e. The smallest absolute Gasteiger partial charge is 0.162 e. The van der Waals surface area contributed by atoms with Gasteiger partial charge in [0.15, 0.2) is 11.6 Å². The first-order valence-corrected chi connectivity index (χ1v) is 6.80. The van der Waals surface area contributed by atoms with Crippen LogP contribution in [0, 0.1) is 11.6 Å². The third-order valence-corrected chi connectivity index (χ3v) is 3.97. The van der Waals surface area contributed by atoms with E-state index in [4.69, 9.17) is 0 Å². The zero-order valence-electron chi connectivity index (χ0n) is 11.1. The molecule has 0 unspecified atom stereocenters. The quantitative estimate of drug-likeness (QED) is 0.807. The Bertz CT molecular complexity index is 662. The number of alkyl halides is 1. The zero-order valence-corrected chi connectivity index (χ0v) is 11.1. The van der Waals surface area contributed by atoms with Gasteiger partial charge in [-0.2, -0.15) is 0 Å². The summed E-state index contributed by atoms with van der Waals surface area (Å²) in [6, 6.07) is 6.87. The summed E-state index contributed by atoms with van der Waals surface area (Å²) >= 11 is 0. The van der Waals surface area contributed by atoms with Crippen molar-refractivity contribution in [3.8, 4) is 0 Å². The van der Waals surface area contributed by atoms with Crippen molar-refractivity contribution in [2.24, 2.45) is 0 Å². The Morgan fingerprint density at radius 2 is 1.81 bits per heavy atom. The summed E-state index contributed by atoms with van der Waals surface area (Å²) in [5.74, 6) is -2.84. The lowest BCUT2D eigenvalue weighted by Crippen LogP contribution is -2.10. The number of aromatic nitrogens is 1. The summed E-state index contributed by atoms with van der Waals surface area (Å²) in [6.45, 7) is 0. The molecule has 21 heavy (non-hydrogen) atoms. The zero-order chi connectivity index (χ0) is 15.0. The molecule has 0 fully saturated rings. The highest BCUT2D eigenvalue weighted by Crippen LogP contribution is 2.45. The van der Waals surface area contributed by atoms with E-state index in [1.54, 1.807) is 6.07 Å². The van der Waals surface area contributed by atoms with E-state index in [9.17, 15) is 18.3 Å². The topological polar surface area (TPSA) is 33.1 Å². The number of pyridine rings is 1. The van der Waals surface area contributed by atoms with Crippen molar-refractivity contribution in [3.63, 3.8) is 0 Å². The molecule has 1 aliphatic carbocycles. The van der Waals surface area contributed by atoms with Gasteiger partial charge in [0.25, 0.3) is 0 Å². The van der Waals surface area contributed by atoms with E-state index in [0.29, 0.717) is 0 Å². The summed E-state index contributed by atoms with van der Waals surface area (Å²) in [4.78, 5) is 4.02. The molecule has 0 spiro atoms. The monoisotopic (exact) mass is 293 g/mol. The van der Waals surface area contributed by atoms with E-state index in [-0.39, 0.29) is 29.7 Å². The van der Waals surface area contributed by atoms with Gasteiger partial charge in [-0.3, -0.25) is 4.98 Å². The average molecular weight is 293 g/mol. The SMILES string of the molecule is O[C@H]1CC[C@H](c2cccc(F)c2F)[C@H](F)c2cccnc21. The van der Waals surface area contributed by atoms with Crippen LogP contribution in [0.4, 0.5) is 13.2 Å². The normalized spacial score (nSPS) is 25.2. The molecule has 2 nitrogen and oxygen atoms in total. The molecule has 110 valence electrons. The molecule has 0 radical (unpaired) electrons. The van der Waals surface area contributed by atoms with E-state index >= 15 is 0 Å². The predicted molar refractivity (Wildman–Crippen MR) is 71.4 cm³/mol. The van der Waals surface area contributed by atoms with Gasteiger partial charge < -0.3 is 5.11 Å². The molecule has 1 aromatic carbocycles. The Morgan fingerprint density at radius 3 is 2.62 bits per heavy atom. The molecular formula is C16H14F3NO. The second-order valence-electron chi connectivity index (χ2n) is 5.22. The van der Waals surface area contributed by atoms with Crippen LogP contribution in [0.5, 0.6) is 0 Å². The fourth-order valence-electron chi connectivity index (χ4n) is 2.90. The second kappa shape index (κ2) is 5.48. The van der Waals surface area contributed by atoms with Crippen LogP contribution < -0.4 is 0 Å². The molecule has 0 saturated heterocycles. The van der Waals surface area contributed by atoms with Gasteiger partial charge in [-0.15, -0.1) is 0 Å². The van der Waals surface area contributed by atoms with Crippen LogP contribution >= 0.6 is 0 Å². The van der Waals surface area contributed by atoms with Crippen molar-refractivity contribution in [1.82, 2.24) is 4.98 Å². The van der Waals surface area contributed by atoms with Crippen molar-refractivity contribution in [1.29, 1.82) is 0 Å². The highest BCUT2D eigenvalue weighted by atomic mass is 19.2. The minimum absolute atomic E-state index is 0.00593. The van der Waals surface area contributed by atoms with Crippen molar-refractivity contribution in [3.05, 3.63) is 65.0 Å². The molecule has 1 heterocycles. The standard InChI is InChI=1S/C16H14F3NO/c17-12-5-1-3-9(15(12)19)10-6-7-13(21)16-11(14(10)18)4-2-8-20-16/h1-5,8,10,13-14,21H,6-7H2/t10-,13+,14+/m1/s1.